The first-order valence-corrected chi connectivity index (χ1v) is 29.9. The lowest BCUT2D eigenvalue weighted by Gasteiger charge is -2.24. The second kappa shape index (κ2) is 56.5. The summed E-state index contributed by atoms with van der Waals surface area (Å²) in [5, 5.41) is 0. The number of unbranched alkanes of at least 4 members (excludes halogenated alkanes) is 23. The Morgan fingerprint density at radius 3 is 1.67 bits per heavy atom. The number of hydrogen-bond donors (Lipinski definition) is 0. The summed E-state index contributed by atoms with van der Waals surface area (Å²) in [5.74, 6) is 0.931. The highest BCUT2D eigenvalue weighted by atomic mass is 16.5. The van der Waals surface area contributed by atoms with Gasteiger partial charge < -0.3 is 19.2 Å². The van der Waals surface area contributed by atoms with Gasteiger partial charge >= 0.3 is 5.97 Å². The molecular formula is C63H124N2O5. The largest absolute Gasteiger partial charge is 0.462 e. The van der Waals surface area contributed by atoms with Crippen molar-refractivity contribution in [2.24, 2.45) is 5.92 Å². The van der Waals surface area contributed by atoms with E-state index in [1.54, 1.807) is 6.92 Å². The molecule has 0 radical (unpaired) electrons. The molecule has 0 saturated carbocycles. The van der Waals surface area contributed by atoms with Crippen LogP contribution in [0.15, 0.2) is 24.8 Å². The standard InChI is InChI=1S/C46H84N2O5.C13H26.C2H6.2CH4/c1-4-6-8-10-12-20-28-45(27-19-9-7-5-2)53-46(51)29-21-13-11-16-25-37-52-40-43-38-42(39-48(43)35-24-17-18-26-41(3)49)30-31-44(50)32-36-47-33-22-14-15-23-34-47;1-3-5-7-9-11-13-12-10-8-6-4-2;1-2;;/h30-31,42-43,45H,4-29,32-40H2,1-3H3;3H,1,4-13H2,2H3;1-2H3;2*1H4/t42-,43-,45?;;;;/m0..../s1. The van der Waals surface area contributed by atoms with Crippen LogP contribution in [0, 0.1) is 5.92 Å². The molecule has 70 heavy (non-hydrogen) atoms. The molecule has 0 aromatic heterocycles. The monoisotopic (exact) mass is 989 g/mol. The summed E-state index contributed by atoms with van der Waals surface area (Å²) in [4.78, 5) is 41.8. The highest BCUT2D eigenvalue weighted by molar-refractivity contribution is 5.89. The summed E-state index contributed by atoms with van der Waals surface area (Å²) < 4.78 is 12.2. The lowest BCUT2D eigenvalue weighted by molar-refractivity contribution is -0.150. The first-order chi connectivity index (χ1) is 33.3. The number of carbonyl (C=O) groups is 3. The van der Waals surface area contributed by atoms with Crippen molar-refractivity contribution in [1.82, 2.24) is 9.80 Å². The van der Waals surface area contributed by atoms with E-state index in [-0.39, 0.29) is 38.5 Å². The van der Waals surface area contributed by atoms with Gasteiger partial charge in [-0.2, -0.15) is 0 Å². The van der Waals surface area contributed by atoms with E-state index in [1.807, 2.05) is 26.0 Å². The Hall–Kier alpha value is -1.83. The zero-order valence-corrected chi connectivity index (χ0v) is 46.4. The van der Waals surface area contributed by atoms with Crippen molar-refractivity contribution in [3.8, 4) is 0 Å². The van der Waals surface area contributed by atoms with Crippen LogP contribution in [0.3, 0.4) is 0 Å². The fraction of sp³-hybridized carbons (Fsp3) is 0.889. The van der Waals surface area contributed by atoms with Crippen LogP contribution in [-0.4, -0.2) is 85.4 Å². The zero-order valence-electron chi connectivity index (χ0n) is 46.4. The number of likely N-dealkylation sites (tertiary alicyclic amines) is 2. The Balaban J connectivity index is -0.00000228. The smallest absolute Gasteiger partial charge is 0.306 e. The van der Waals surface area contributed by atoms with Crippen LogP contribution >= 0.6 is 0 Å². The molecule has 2 rings (SSSR count). The van der Waals surface area contributed by atoms with E-state index in [4.69, 9.17) is 9.47 Å². The van der Waals surface area contributed by atoms with Gasteiger partial charge in [0.2, 0.25) is 0 Å². The Morgan fingerprint density at radius 1 is 0.600 bits per heavy atom. The molecule has 2 heterocycles. The molecule has 0 aliphatic carbocycles. The molecule has 2 fully saturated rings. The van der Waals surface area contributed by atoms with Crippen LogP contribution in [0.2, 0.25) is 0 Å². The molecule has 7 heteroatoms. The number of nitrogens with zero attached hydrogens (tertiary/aromatic N) is 2. The fourth-order valence-corrected chi connectivity index (χ4v) is 9.71. The van der Waals surface area contributed by atoms with Crippen LogP contribution in [0.5, 0.6) is 0 Å². The average Bonchev–Trinajstić information content (AvgIpc) is 3.53. The minimum absolute atomic E-state index is 0. The molecule has 1 unspecified atom stereocenters. The van der Waals surface area contributed by atoms with E-state index in [2.05, 4.69) is 43.2 Å². The molecule has 2 aliphatic rings. The third-order valence-electron chi connectivity index (χ3n) is 14.0. The molecular weight excluding hydrogens is 865 g/mol. The normalized spacial score (nSPS) is 16.5. The van der Waals surface area contributed by atoms with Gasteiger partial charge in [-0.25, -0.2) is 0 Å². The van der Waals surface area contributed by atoms with Gasteiger partial charge in [-0.3, -0.25) is 14.5 Å². The Morgan fingerprint density at radius 2 is 1.10 bits per heavy atom. The van der Waals surface area contributed by atoms with Crippen LogP contribution in [-0.2, 0) is 23.9 Å². The minimum Gasteiger partial charge on any atom is -0.462 e. The number of esters is 1. The van der Waals surface area contributed by atoms with Crippen LogP contribution in [0.1, 0.15) is 300 Å². The number of hydrogen-bond acceptors (Lipinski definition) is 7. The molecule has 2 saturated heterocycles. The lowest BCUT2D eigenvalue weighted by atomic mass is 10.0. The number of carbonyl (C=O) groups excluding carboxylic acids is 3. The van der Waals surface area contributed by atoms with Crippen molar-refractivity contribution in [1.29, 1.82) is 0 Å². The SMILES string of the molecule is C.C.C=CCCCCCCCCCCC.CC.CCCCCCCCC(CCCCCC)OC(=O)CCCCCCCOC[C@@H]1C[C@H](C=CC(=O)CCN2CCCCCC2)CN1CCCCCC(C)=O. The van der Waals surface area contributed by atoms with Crippen molar-refractivity contribution in [2.75, 3.05) is 45.9 Å². The number of allylic oxidation sites excluding steroid dienone is 2. The van der Waals surface area contributed by atoms with Crippen molar-refractivity contribution in [3.05, 3.63) is 24.8 Å². The highest BCUT2D eigenvalue weighted by Crippen LogP contribution is 2.26. The molecule has 416 valence electrons. The molecule has 3 atom stereocenters. The Bertz CT molecular complexity index is 1150. The van der Waals surface area contributed by atoms with Gasteiger partial charge in [0, 0.05) is 45.0 Å². The van der Waals surface area contributed by atoms with Crippen LogP contribution < -0.4 is 0 Å². The third kappa shape index (κ3) is 47.2. The maximum absolute atomic E-state index is 12.7. The Kier molecular flexibility index (Phi) is 58.4. The zero-order chi connectivity index (χ0) is 50.0. The van der Waals surface area contributed by atoms with Gasteiger partial charge in [-0.15, -0.1) is 6.58 Å². The number of ether oxygens (including phenoxy) is 2. The van der Waals surface area contributed by atoms with E-state index in [9.17, 15) is 14.4 Å². The van der Waals surface area contributed by atoms with Crippen molar-refractivity contribution >= 4 is 17.5 Å². The summed E-state index contributed by atoms with van der Waals surface area (Å²) in [5.41, 5.74) is 0. The lowest BCUT2D eigenvalue weighted by Crippen LogP contribution is -2.34. The highest BCUT2D eigenvalue weighted by Gasteiger charge is 2.30. The van der Waals surface area contributed by atoms with E-state index >= 15 is 0 Å². The fourth-order valence-electron chi connectivity index (χ4n) is 9.71. The van der Waals surface area contributed by atoms with Crippen molar-refractivity contribution in [2.45, 2.75) is 313 Å². The first kappa shape index (κ1) is 72.4. The summed E-state index contributed by atoms with van der Waals surface area (Å²) in [6.45, 7) is 22.9. The molecule has 0 spiro atoms. The van der Waals surface area contributed by atoms with Gasteiger partial charge in [-0.05, 0) is 122 Å². The van der Waals surface area contributed by atoms with Gasteiger partial charge in [0.1, 0.15) is 11.9 Å². The summed E-state index contributed by atoms with van der Waals surface area (Å²) in [6, 6.07) is 0.382. The van der Waals surface area contributed by atoms with Crippen LogP contribution in [0.25, 0.3) is 0 Å². The summed E-state index contributed by atoms with van der Waals surface area (Å²) >= 11 is 0. The van der Waals surface area contributed by atoms with E-state index in [0.717, 1.165) is 117 Å². The molecule has 0 aromatic carbocycles. The molecule has 0 aromatic rings. The van der Waals surface area contributed by atoms with Gasteiger partial charge in [0.25, 0.3) is 0 Å². The van der Waals surface area contributed by atoms with Crippen molar-refractivity contribution < 1.29 is 23.9 Å². The average molecular weight is 990 g/mol. The molecule has 0 amide bonds. The number of rotatable bonds is 44. The maximum Gasteiger partial charge on any atom is 0.306 e. The van der Waals surface area contributed by atoms with Gasteiger partial charge in [0.05, 0.1) is 6.61 Å². The van der Waals surface area contributed by atoms with Gasteiger partial charge in [-0.1, -0.05) is 203 Å². The summed E-state index contributed by atoms with van der Waals surface area (Å²) in [7, 11) is 0. The third-order valence-corrected chi connectivity index (χ3v) is 14.0. The van der Waals surface area contributed by atoms with Crippen LogP contribution in [0.4, 0.5) is 0 Å². The first-order valence-electron chi connectivity index (χ1n) is 29.9. The minimum atomic E-state index is 0. The number of Topliss-reactive ketones (excluding diaryl/α,β-unsaturated/α-hetero) is 1. The molecule has 2 aliphatic heterocycles. The van der Waals surface area contributed by atoms with Gasteiger partial charge in [0.15, 0.2) is 5.78 Å². The summed E-state index contributed by atoms with van der Waals surface area (Å²) in [6.07, 6.45) is 51.3. The second-order valence-corrected chi connectivity index (χ2v) is 20.5. The Labute approximate surface area is 438 Å². The predicted octanol–water partition coefficient (Wildman–Crippen LogP) is 18.6. The molecule has 0 bridgehead atoms. The topological polar surface area (TPSA) is 76.2 Å². The predicted molar refractivity (Wildman–Crippen MR) is 308 cm³/mol. The van der Waals surface area contributed by atoms with Crippen molar-refractivity contribution in [3.63, 3.8) is 0 Å². The molecule has 7 nitrogen and oxygen atoms in total. The quantitative estimate of drug-likeness (QED) is 0.0260. The number of ketones is 2. The van der Waals surface area contributed by atoms with E-state index in [0.29, 0.717) is 31.2 Å². The second-order valence-electron chi connectivity index (χ2n) is 20.5. The van der Waals surface area contributed by atoms with E-state index in [1.165, 1.54) is 154 Å². The van der Waals surface area contributed by atoms with E-state index < -0.39 is 0 Å². The maximum atomic E-state index is 12.7. The molecule has 0 N–H and O–H groups in total.